The van der Waals surface area contributed by atoms with Gasteiger partial charge in [0.2, 0.25) is 17.8 Å². The van der Waals surface area contributed by atoms with Crippen LogP contribution in [0.15, 0.2) is 47.4 Å². The summed E-state index contributed by atoms with van der Waals surface area (Å²) in [6.07, 6.45) is 3.50. The molecule has 2 aliphatic rings. The van der Waals surface area contributed by atoms with Gasteiger partial charge in [-0.05, 0) is 43.2 Å². The van der Waals surface area contributed by atoms with E-state index in [1.54, 1.807) is 36.7 Å². The van der Waals surface area contributed by atoms with Gasteiger partial charge in [-0.1, -0.05) is 6.92 Å². The number of fused-ring (bicyclic) bond motifs is 1. The Morgan fingerprint density at radius 3 is 2.26 bits per heavy atom. The van der Waals surface area contributed by atoms with Gasteiger partial charge in [-0.2, -0.15) is 4.98 Å². The van der Waals surface area contributed by atoms with E-state index in [0.29, 0.717) is 18.1 Å². The number of pyridine rings is 1. The molecule has 0 bridgehead atoms. The molecule has 0 saturated carbocycles. The second kappa shape index (κ2) is 10.4. The summed E-state index contributed by atoms with van der Waals surface area (Å²) in [5.74, 6) is 0.650. The zero-order chi connectivity index (χ0) is 26.9. The van der Waals surface area contributed by atoms with Gasteiger partial charge < -0.3 is 20.0 Å². The quantitative estimate of drug-likeness (QED) is 0.514. The number of likely N-dealkylation sites (tertiary alicyclic amines) is 1. The maximum atomic E-state index is 12.8. The highest BCUT2D eigenvalue weighted by atomic mass is 16.2. The lowest BCUT2D eigenvalue weighted by atomic mass is 9.74. The highest BCUT2D eigenvalue weighted by molar-refractivity contribution is 5.76. The zero-order valence-electron chi connectivity index (χ0n) is 22.3. The Labute approximate surface area is 222 Å². The first-order chi connectivity index (χ1) is 18.3. The highest BCUT2D eigenvalue weighted by Crippen LogP contribution is 2.37. The number of nitrogens with one attached hydrogen (secondary N) is 1. The number of aryl methyl sites for hydroxylation is 1. The molecule has 2 amide bonds. The third kappa shape index (κ3) is 5.20. The normalized spacial score (nSPS) is 16.9. The predicted molar refractivity (Wildman–Crippen MR) is 148 cm³/mol. The molecule has 2 fully saturated rings. The van der Waals surface area contributed by atoms with Crippen LogP contribution in [0.4, 0.5) is 17.3 Å². The summed E-state index contributed by atoms with van der Waals surface area (Å²) in [5, 5.41) is 4.07. The van der Waals surface area contributed by atoms with Crippen LogP contribution < -0.4 is 15.8 Å². The van der Waals surface area contributed by atoms with Crippen LogP contribution in [0.2, 0.25) is 0 Å². The lowest BCUT2D eigenvalue weighted by Crippen LogP contribution is -2.58. The number of amides is 2. The van der Waals surface area contributed by atoms with Crippen molar-refractivity contribution in [2.24, 2.45) is 5.41 Å². The Balaban J connectivity index is 1.29. The Morgan fingerprint density at radius 1 is 0.947 bits per heavy atom. The topological polar surface area (TPSA) is 104 Å². The van der Waals surface area contributed by atoms with Crippen LogP contribution in [0.3, 0.4) is 0 Å². The van der Waals surface area contributed by atoms with E-state index in [1.807, 2.05) is 21.9 Å². The number of hydrogen-bond donors (Lipinski definition) is 1. The Bertz CT molecular complexity index is 1390. The molecule has 0 atom stereocenters. The number of carbonyl (C=O) groups is 2. The first-order valence-corrected chi connectivity index (χ1v) is 13.3. The van der Waals surface area contributed by atoms with Gasteiger partial charge in [0, 0.05) is 94.1 Å². The number of nitrogens with zero attached hydrogens (tertiary/aromatic N) is 6. The Morgan fingerprint density at radius 2 is 1.63 bits per heavy atom. The van der Waals surface area contributed by atoms with Crippen LogP contribution in [-0.4, -0.2) is 75.4 Å². The minimum atomic E-state index is -0.0922. The molecule has 10 nitrogen and oxygen atoms in total. The molecule has 5 rings (SSSR count). The molecule has 3 aromatic rings. The first-order valence-electron chi connectivity index (χ1n) is 13.3. The van der Waals surface area contributed by atoms with Crippen molar-refractivity contribution < 1.29 is 9.59 Å². The maximum absolute atomic E-state index is 12.8. The van der Waals surface area contributed by atoms with Crippen molar-refractivity contribution in [3.8, 4) is 0 Å². The number of benzene rings is 1. The number of hydrogen-bond acceptors (Lipinski definition) is 7. The SMILES string of the molecule is CCC1(CCn2c(=O)ccc3cnc(Nc4ccc(N5CCN(C(C)=O)CC5)cc4)nc32)CN(C(C)=O)C1. The van der Waals surface area contributed by atoms with Crippen molar-refractivity contribution in [1.82, 2.24) is 24.3 Å². The largest absolute Gasteiger partial charge is 0.368 e. The maximum Gasteiger partial charge on any atom is 0.252 e. The molecular formula is C28H35N7O3. The monoisotopic (exact) mass is 517 g/mol. The van der Waals surface area contributed by atoms with Crippen LogP contribution in [0.25, 0.3) is 11.0 Å². The summed E-state index contributed by atoms with van der Waals surface area (Å²) < 4.78 is 1.72. The lowest BCUT2D eigenvalue weighted by molar-refractivity contribution is -0.141. The third-order valence-corrected chi connectivity index (χ3v) is 8.05. The van der Waals surface area contributed by atoms with E-state index >= 15 is 0 Å². The Kier molecular flexibility index (Phi) is 7.05. The summed E-state index contributed by atoms with van der Waals surface area (Å²) in [4.78, 5) is 51.3. The van der Waals surface area contributed by atoms with Crippen LogP contribution in [0.1, 0.15) is 33.6 Å². The molecule has 2 aliphatic heterocycles. The zero-order valence-corrected chi connectivity index (χ0v) is 22.3. The van der Waals surface area contributed by atoms with Gasteiger partial charge in [0.15, 0.2) is 0 Å². The molecule has 1 N–H and O–H groups in total. The minimum absolute atomic E-state index is 0.0435. The van der Waals surface area contributed by atoms with Gasteiger partial charge in [0.1, 0.15) is 5.65 Å². The van der Waals surface area contributed by atoms with Crippen molar-refractivity contribution in [3.63, 3.8) is 0 Å². The van der Waals surface area contributed by atoms with E-state index in [1.165, 1.54) is 0 Å². The molecular weight excluding hydrogens is 482 g/mol. The number of aromatic nitrogens is 3. The Hall–Kier alpha value is -3.95. The van der Waals surface area contributed by atoms with E-state index in [0.717, 1.165) is 68.9 Å². The molecule has 0 unspecified atom stereocenters. The van der Waals surface area contributed by atoms with Gasteiger partial charge in [-0.3, -0.25) is 19.0 Å². The third-order valence-electron chi connectivity index (χ3n) is 8.05. The first kappa shape index (κ1) is 25.7. The molecule has 38 heavy (non-hydrogen) atoms. The summed E-state index contributed by atoms with van der Waals surface area (Å²) in [6, 6.07) is 11.4. The molecule has 2 saturated heterocycles. The van der Waals surface area contributed by atoms with Crippen molar-refractivity contribution in [2.45, 2.75) is 40.2 Å². The van der Waals surface area contributed by atoms with E-state index in [2.05, 4.69) is 34.3 Å². The summed E-state index contributed by atoms with van der Waals surface area (Å²) in [5.41, 5.74) is 2.51. The van der Waals surface area contributed by atoms with E-state index in [-0.39, 0.29) is 22.8 Å². The van der Waals surface area contributed by atoms with Crippen LogP contribution in [0, 0.1) is 5.41 Å². The van der Waals surface area contributed by atoms with E-state index in [4.69, 9.17) is 4.98 Å². The fraction of sp³-hybridized carbons (Fsp3) is 0.464. The van der Waals surface area contributed by atoms with E-state index < -0.39 is 0 Å². The minimum Gasteiger partial charge on any atom is -0.368 e. The molecule has 4 heterocycles. The number of anilines is 3. The molecule has 0 spiro atoms. The highest BCUT2D eigenvalue weighted by Gasteiger charge is 2.42. The number of piperazine rings is 1. The van der Waals surface area contributed by atoms with Gasteiger partial charge in [-0.25, -0.2) is 4.98 Å². The van der Waals surface area contributed by atoms with Gasteiger partial charge in [-0.15, -0.1) is 0 Å². The second-order valence-electron chi connectivity index (χ2n) is 10.4. The van der Waals surface area contributed by atoms with Crippen molar-refractivity contribution in [1.29, 1.82) is 0 Å². The molecule has 0 radical (unpaired) electrons. The smallest absolute Gasteiger partial charge is 0.252 e. The average Bonchev–Trinajstić information content (AvgIpc) is 2.89. The van der Waals surface area contributed by atoms with Gasteiger partial charge in [0.05, 0.1) is 0 Å². The van der Waals surface area contributed by atoms with Gasteiger partial charge in [0.25, 0.3) is 5.56 Å². The van der Waals surface area contributed by atoms with Crippen molar-refractivity contribution in [3.05, 3.63) is 52.9 Å². The van der Waals surface area contributed by atoms with E-state index in [9.17, 15) is 14.4 Å². The molecule has 1 aromatic carbocycles. The molecule has 0 aliphatic carbocycles. The standard InChI is InChI=1S/C28H35N7O3/c1-4-28(18-34(19-28)21(3)37)11-12-35-25(38)10-5-22-17-29-27(31-26(22)35)30-23-6-8-24(9-7-23)33-15-13-32(14-16-33)20(2)36/h5-10,17H,4,11-16,18-19H2,1-3H3,(H,29,30,31). The summed E-state index contributed by atoms with van der Waals surface area (Å²) in [6.45, 7) is 10.5. The lowest BCUT2D eigenvalue weighted by Gasteiger charge is -2.50. The molecule has 10 heteroatoms. The van der Waals surface area contributed by atoms with Crippen molar-refractivity contribution >= 4 is 40.2 Å². The molecule has 200 valence electrons. The summed E-state index contributed by atoms with van der Waals surface area (Å²) in [7, 11) is 0. The second-order valence-corrected chi connectivity index (χ2v) is 10.4. The predicted octanol–water partition coefficient (Wildman–Crippen LogP) is 2.85. The van der Waals surface area contributed by atoms with Crippen molar-refractivity contribution in [2.75, 3.05) is 49.5 Å². The fourth-order valence-corrected chi connectivity index (χ4v) is 5.41. The van der Waals surface area contributed by atoms with Crippen LogP contribution in [0.5, 0.6) is 0 Å². The van der Waals surface area contributed by atoms with Crippen LogP contribution >= 0.6 is 0 Å². The average molecular weight is 518 g/mol. The van der Waals surface area contributed by atoms with Gasteiger partial charge >= 0.3 is 0 Å². The number of carbonyl (C=O) groups excluding carboxylic acids is 2. The number of rotatable bonds is 7. The van der Waals surface area contributed by atoms with Crippen LogP contribution in [-0.2, 0) is 16.1 Å². The summed E-state index contributed by atoms with van der Waals surface area (Å²) >= 11 is 0. The molecule has 2 aromatic heterocycles. The fourth-order valence-electron chi connectivity index (χ4n) is 5.41.